The smallest absolute Gasteiger partial charge is 0.407 e. The number of carbonyl (C=O) groups excluding carboxylic acids is 6. The monoisotopic (exact) mass is 893 g/mol. The Balaban J connectivity index is 0.000000418. The second-order valence-electron chi connectivity index (χ2n) is 18.7. The fourth-order valence-electron chi connectivity index (χ4n) is 8.81. The summed E-state index contributed by atoms with van der Waals surface area (Å²) in [5.74, 6) is -0.477. The molecule has 0 aromatic heterocycles. The van der Waals surface area contributed by atoms with E-state index >= 15 is 0 Å². The second kappa shape index (κ2) is 22.6. The summed E-state index contributed by atoms with van der Waals surface area (Å²) in [6.07, 6.45) is 4.68. The summed E-state index contributed by atoms with van der Waals surface area (Å²) in [5, 5.41) is 11.0. The largest absolute Gasteiger partial charge is 0.453 e. The Kier molecular flexibility index (Phi) is 17.3. The number of nitrogens with one attached hydrogen (secondary N) is 4. The number of benzene rings is 3. The number of hydrogen-bond donors (Lipinski definition) is 4. The number of rotatable bonds is 13. The van der Waals surface area contributed by atoms with E-state index in [2.05, 4.69) is 95.3 Å². The van der Waals surface area contributed by atoms with Gasteiger partial charge < -0.3 is 40.5 Å². The summed E-state index contributed by atoms with van der Waals surface area (Å²) in [4.78, 5) is 76.4. The zero-order valence-corrected chi connectivity index (χ0v) is 39.5. The lowest BCUT2D eigenvalue weighted by Crippen LogP contribution is -2.54. The van der Waals surface area contributed by atoms with Gasteiger partial charge in [-0.15, -0.1) is 0 Å². The number of methoxy groups -OCH3 is 2. The number of amides is 6. The van der Waals surface area contributed by atoms with Crippen LogP contribution in [0.1, 0.15) is 115 Å². The van der Waals surface area contributed by atoms with E-state index in [-0.39, 0.29) is 40.9 Å². The van der Waals surface area contributed by atoms with E-state index in [9.17, 15) is 28.8 Å². The summed E-state index contributed by atoms with van der Waals surface area (Å²) in [6.45, 7) is 16.2. The lowest BCUT2D eigenvalue weighted by Gasteiger charge is -2.30. The van der Waals surface area contributed by atoms with Gasteiger partial charge >= 0.3 is 12.2 Å². The van der Waals surface area contributed by atoms with Crippen molar-refractivity contribution < 1.29 is 38.2 Å². The molecule has 6 rings (SSSR count). The number of anilines is 2. The van der Waals surface area contributed by atoms with Gasteiger partial charge in [0.15, 0.2) is 0 Å². The summed E-state index contributed by atoms with van der Waals surface area (Å²) >= 11 is 0. The molecular formula is C51H68N6O8. The average molecular weight is 893 g/mol. The Morgan fingerprint density at radius 1 is 0.677 bits per heavy atom. The summed E-state index contributed by atoms with van der Waals surface area (Å²) in [6, 6.07) is 23.0. The van der Waals surface area contributed by atoms with Crippen molar-refractivity contribution in [1.82, 2.24) is 20.4 Å². The molecule has 14 heteroatoms. The highest BCUT2D eigenvalue weighted by atomic mass is 16.5. The third kappa shape index (κ3) is 12.8. The molecule has 3 aromatic carbocycles. The number of carbonyl (C=O) groups is 6. The van der Waals surface area contributed by atoms with Gasteiger partial charge in [-0.2, -0.15) is 0 Å². The van der Waals surface area contributed by atoms with Gasteiger partial charge in [-0.1, -0.05) is 97.0 Å². The van der Waals surface area contributed by atoms with Crippen LogP contribution in [0.4, 0.5) is 21.0 Å². The van der Waals surface area contributed by atoms with Crippen LogP contribution in [-0.4, -0.2) is 98.1 Å². The van der Waals surface area contributed by atoms with Crippen LogP contribution >= 0.6 is 0 Å². The molecule has 4 atom stereocenters. The van der Waals surface area contributed by atoms with E-state index in [4.69, 9.17) is 4.74 Å². The number of hydrogen-bond acceptors (Lipinski definition) is 8. The summed E-state index contributed by atoms with van der Waals surface area (Å²) in [7, 11) is 2.56. The lowest BCUT2D eigenvalue weighted by atomic mass is 9.83. The Morgan fingerprint density at radius 3 is 1.74 bits per heavy atom. The van der Waals surface area contributed by atoms with Crippen LogP contribution in [0.2, 0.25) is 0 Å². The average Bonchev–Trinajstić information content (AvgIpc) is 4.10. The Labute approximate surface area is 384 Å². The number of alkyl carbamates (subject to hydrolysis) is 2. The highest BCUT2D eigenvalue weighted by molar-refractivity contribution is 5.99. The molecule has 0 saturated carbocycles. The molecule has 14 nitrogen and oxygen atoms in total. The molecule has 2 unspecified atom stereocenters. The molecule has 6 amide bonds. The van der Waals surface area contributed by atoms with E-state index in [0.29, 0.717) is 31.5 Å². The Hall–Kier alpha value is -6.18. The zero-order chi connectivity index (χ0) is 47.4. The van der Waals surface area contributed by atoms with Crippen LogP contribution < -0.4 is 21.3 Å². The van der Waals surface area contributed by atoms with Crippen molar-refractivity contribution in [2.75, 3.05) is 44.5 Å². The SMILES string of the molecule is COC(=O)NC(C(=O)N1CCCC1)C(C)C.COC(=O)N[C@H](C(=O)N1CCC[C@H]1C(=O)Nc1ccc(C2CCC(c3ccc(NC=O)cc3)=C2c2ccc(C(C)(C)C)cc2)cc1)C(C)C. The molecule has 2 heterocycles. The van der Waals surface area contributed by atoms with Gasteiger partial charge in [-0.3, -0.25) is 19.2 Å². The predicted octanol–water partition coefficient (Wildman–Crippen LogP) is 8.34. The van der Waals surface area contributed by atoms with Gasteiger partial charge in [-0.05, 0) is 113 Å². The number of nitrogens with zero attached hydrogens (tertiary/aromatic N) is 2. The quantitative estimate of drug-likeness (QED) is 0.124. The van der Waals surface area contributed by atoms with Crippen molar-refractivity contribution >= 4 is 58.8 Å². The van der Waals surface area contributed by atoms with Gasteiger partial charge in [0.05, 0.1) is 14.2 Å². The standard InChI is InChI=1S/C40H48N4O5.C11H20N2O3/c1-25(2)36(43-39(48)49-6)38(47)44-23-7-8-34(44)37(46)42-31-19-13-27(14-20-31)33-22-21-32(26-11-17-30(18-12-26)41-24-45)35(33)28-9-15-29(16-10-28)40(3,4)5;1-8(2)9(12-11(15)16-3)10(14)13-6-4-5-7-13/h9-20,24-25,33-34,36H,7-8,21-23H2,1-6H3,(H,41,45)(H,42,46)(H,43,48);8-9H,4-7H2,1-3H3,(H,12,15)/t33?,34-,36-;/m0./s1. The maximum Gasteiger partial charge on any atom is 0.407 e. The maximum atomic E-state index is 13.5. The Morgan fingerprint density at radius 2 is 1.22 bits per heavy atom. The molecule has 3 aliphatic rings. The highest BCUT2D eigenvalue weighted by Crippen LogP contribution is 2.49. The van der Waals surface area contributed by atoms with Crippen molar-refractivity contribution in [3.05, 3.63) is 95.1 Å². The topological polar surface area (TPSA) is 175 Å². The Bertz CT molecular complexity index is 2160. The minimum Gasteiger partial charge on any atom is -0.453 e. The molecule has 4 N–H and O–H groups in total. The van der Waals surface area contributed by atoms with Crippen LogP contribution in [0.5, 0.6) is 0 Å². The summed E-state index contributed by atoms with van der Waals surface area (Å²) < 4.78 is 9.24. The first kappa shape index (κ1) is 49.8. The minimum atomic E-state index is -0.783. The minimum absolute atomic E-state index is 0.00194. The van der Waals surface area contributed by atoms with Gasteiger partial charge in [0.2, 0.25) is 24.1 Å². The molecule has 0 radical (unpaired) electrons. The fraction of sp³-hybridized carbons (Fsp3) is 0.490. The second-order valence-corrected chi connectivity index (χ2v) is 18.7. The molecule has 0 spiro atoms. The van der Waals surface area contributed by atoms with Gasteiger partial charge in [-0.25, -0.2) is 9.59 Å². The molecule has 65 heavy (non-hydrogen) atoms. The maximum absolute atomic E-state index is 13.5. The molecule has 350 valence electrons. The van der Waals surface area contributed by atoms with E-state index in [1.165, 1.54) is 36.5 Å². The first-order valence-electron chi connectivity index (χ1n) is 22.8. The van der Waals surface area contributed by atoms with Crippen LogP contribution in [-0.2, 0) is 34.1 Å². The molecule has 2 saturated heterocycles. The predicted molar refractivity (Wildman–Crippen MR) is 254 cm³/mol. The summed E-state index contributed by atoms with van der Waals surface area (Å²) in [5.41, 5.74) is 8.80. The number of likely N-dealkylation sites (tertiary alicyclic amines) is 2. The van der Waals surface area contributed by atoms with Crippen LogP contribution in [0.3, 0.4) is 0 Å². The van der Waals surface area contributed by atoms with Crippen LogP contribution in [0.25, 0.3) is 11.1 Å². The van der Waals surface area contributed by atoms with Crippen molar-refractivity contribution in [3.63, 3.8) is 0 Å². The third-order valence-electron chi connectivity index (χ3n) is 12.5. The highest BCUT2D eigenvalue weighted by Gasteiger charge is 2.39. The lowest BCUT2D eigenvalue weighted by molar-refractivity contribution is -0.139. The van der Waals surface area contributed by atoms with Gasteiger partial charge in [0.25, 0.3) is 0 Å². The van der Waals surface area contributed by atoms with Crippen molar-refractivity contribution in [2.24, 2.45) is 11.8 Å². The molecule has 3 aromatic rings. The fourth-order valence-corrected chi connectivity index (χ4v) is 8.81. The van der Waals surface area contributed by atoms with Crippen molar-refractivity contribution in [1.29, 1.82) is 0 Å². The van der Waals surface area contributed by atoms with Crippen molar-refractivity contribution in [2.45, 2.75) is 116 Å². The van der Waals surface area contributed by atoms with E-state index in [0.717, 1.165) is 55.6 Å². The third-order valence-corrected chi connectivity index (χ3v) is 12.5. The molecule has 0 bridgehead atoms. The molecule has 2 aliphatic heterocycles. The van der Waals surface area contributed by atoms with E-state index in [1.54, 1.807) is 9.80 Å². The van der Waals surface area contributed by atoms with Gasteiger partial charge in [0.1, 0.15) is 18.1 Å². The normalized spacial score (nSPS) is 18.1. The van der Waals surface area contributed by atoms with E-state index < -0.39 is 30.3 Å². The van der Waals surface area contributed by atoms with Crippen molar-refractivity contribution in [3.8, 4) is 0 Å². The van der Waals surface area contributed by atoms with E-state index in [1.807, 2.05) is 52.0 Å². The van der Waals surface area contributed by atoms with Crippen LogP contribution in [0, 0.1) is 11.8 Å². The van der Waals surface area contributed by atoms with Crippen LogP contribution in [0.15, 0.2) is 72.8 Å². The molecule has 1 aliphatic carbocycles. The van der Waals surface area contributed by atoms with Gasteiger partial charge in [0, 0.05) is 36.9 Å². The molecular weight excluding hydrogens is 825 g/mol. The number of ether oxygens (including phenoxy) is 2. The zero-order valence-electron chi connectivity index (χ0n) is 39.5. The first-order chi connectivity index (χ1) is 31.0. The first-order valence-corrected chi connectivity index (χ1v) is 22.8. The number of allylic oxidation sites excluding steroid dienone is 2. The molecule has 2 fully saturated rings.